The van der Waals surface area contributed by atoms with E-state index in [2.05, 4.69) is 10.6 Å². The minimum atomic E-state index is -1.67. The first-order valence-electron chi connectivity index (χ1n) is 5.74. The van der Waals surface area contributed by atoms with Crippen LogP contribution in [-0.2, 0) is 4.74 Å². The summed E-state index contributed by atoms with van der Waals surface area (Å²) in [5.41, 5.74) is 0. The maximum Gasteiger partial charge on any atom is 0.340 e. The number of halogens is 1. The molecule has 0 aromatic rings. The summed E-state index contributed by atoms with van der Waals surface area (Å²) in [6.07, 6.45) is -5.96. The molecule has 5 atom stereocenters. The Balaban J connectivity index is 2.70. The number of carbonyl (C=O) groups excluding carboxylic acids is 1. The minimum absolute atomic E-state index is 0.0410. The Bertz CT molecular complexity index is 348. The number of nitroso groups, excluding NO2 is 1. The van der Waals surface area contributed by atoms with Gasteiger partial charge in [-0.25, -0.2) is 4.79 Å². The summed E-state index contributed by atoms with van der Waals surface area (Å²) < 4.78 is 4.83. The van der Waals surface area contributed by atoms with Crippen molar-refractivity contribution in [3.63, 3.8) is 0 Å². The van der Waals surface area contributed by atoms with E-state index in [0.717, 1.165) is 0 Å². The van der Waals surface area contributed by atoms with Crippen molar-refractivity contribution < 1.29 is 30.0 Å². The van der Waals surface area contributed by atoms with Gasteiger partial charge in [0.05, 0.1) is 18.4 Å². The van der Waals surface area contributed by atoms with Gasteiger partial charge in [0.25, 0.3) is 0 Å². The van der Waals surface area contributed by atoms with Crippen molar-refractivity contribution in [2.45, 2.75) is 30.6 Å². The fraction of sp³-hybridized carbons (Fsp3) is 0.889. The molecule has 2 amide bonds. The topological polar surface area (TPSA) is 152 Å². The van der Waals surface area contributed by atoms with E-state index in [1.54, 1.807) is 0 Å². The highest BCUT2D eigenvalue weighted by Gasteiger charge is 2.44. The molecular weight excluding hydrogens is 298 g/mol. The molecule has 1 saturated heterocycles. The van der Waals surface area contributed by atoms with Crippen molar-refractivity contribution in [1.82, 2.24) is 10.3 Å². The van der Waals surface area contributed by atoms with E-state index >= 15 is 0 Å². The molecule has 116 valence electrons. The van der Waals surface area contributed by atoms with Crippen molar-refractivity contribution >= 4 is 17.6 Å². The maximum absolute atomic E-state index is 11.6. The zero-order valence-electron chi connectivity index (χ0n) is 10.3. The second kappa shape index (κ2) is 7.67. The van der Waals surface area contributed by atoms with Crippen molar-refractivity contribution in [3.05, 3.63) is 4.91 Å². The summed E-state index contributed by atoms with van der Waals surface area (Å²) in [4.78, 5) is 22.1. The van der Waals surface area contributed by atoms with Crippen LogP contribution in [0.15, 0.2) is 5.29 Å². The lowest BCUT2D eigenvalue weighted by Crippen LogP contribution is -2.65. The van der Waals surface area contributed by atoms with Crippen LogP contribution in [0.4, 0.5) is 4.79 Å². The number of nitrogens with zero attached hydrogens (tertiary/aromatic N) is 2. The number of hydrogen-bond donors (Lipinski definition) is 5. The lowest BCUT2D eigenvalue weighted by atomic mass is 9.97. The lowest BCUT2D eigenvalue weighted by molar-refractivity contribution is -0.252. The van der Waals surface area contributed by atoms with Gasteiger partial charge in [-0.15, -0.1) is 16.5 Å². The van der Waals surface area contributed by atoms with Crippen LogP contribution in [0.25, 0.3) is 0 Å². The Labute approximate surface area is 118 Å². The lowest BCUT2D eigenvalue weighted by Gasteiger charge is -2.40. The molecule has 10 nitrogen and oxygen atoms in total. The molecule has 1 unspecified atom stereocenters. The Hall–Kier alpha value is -1.04. The third-order valence-corrected chi connectivity index (χ3v) is 2.99. The molecule has 1 aliphatic heterocycles. The molecule has 0 aromatic heterocycles. The maximum atomic E-state index is 11.6. The number of urea groups is 1. The molecule has 1 heterocycles. The summed E-state index contributed by atoms with van der Waals surface area (Å²) in [7, 11) is 0. The number of rotatable bonds is 5. The van der Waals surface area contributed by atoms with Gasteiger partial charge >= 0.3 is 6.03 Å². The highest BCUT2D eigenvalue weighted by atomic mass is 35.5. The molecule has 0 aliphatic carbocycles. The van der Waals surface area contributed by atoms with Gasteiger partial charge < -0.3 is 30.5 Å². The fourth-order valence-corrected chi connectivity index (χ4v) is 1.89. The number of hydrogen-bond acceptors (Lipinski definition) is 8. The number of carbonyl (C=O) groups is 1. The first kappa shape index (κ1) is 17.0. The van der Waals surface area contributed by atoms with Crippen LogP contribution in [0, 0.1) is 4.91 Å². The van der Waals surface area contributed by atoms with Gasteiger partial charge in [-0.1, -0.05) is 0 Å². The van der Waals surface area contributed by atoms with Crippen LogP contribution in [0.2, 0.25) is 0 Å². The standard InChI is InChI=1S/C9H16ClN3O7/c10-1-2-13(12-19)9(18)11-5-7(16)6(15)4(3-14)20-8(5)17/h4-8,14-17H,1-3H2,(H,11,18)/t4-,5+,6-,7-,8?/m0/s1. The van der Waals surface area contributed by atoms with Gasteiger partial charge in [0.15, 0.2) is 6.29 Å². The van der Waals surface area contributed by atoms with E-state index in [-0.39, 0.29) is 12.4 Å². The molecule has 0 radical (unpaired) electrons. The van der Waals surface area contributed by atoms with Crippen LogP contribution in [0.5, 0.6) is 0 Å². The van der Waals surface area contributed by atoms with Crippen molar-refractivity contribution in [2.24, 2.45) is 5.29 Å². The molecule has 0 saturated carbocycles. The summed E-state index contributed by atoms with van der Waals surface area (Å²) in [5, 5.41) is 42.9. The van der Waals surface area contributed by atoms with Crippen molar-refractivity contribution in [1.29, 1.82) is 0 Å². The van der Waals surface area contributed by atoms with Crippen LogP contribution in [0.3, 0.4) is 0 Å². The van der Waals surface area contributed by atoms with Gasteiger partial charge in [-0.2, -0.15) is 5.01 Å². The number of aliphatic hydroxyl groups excluding tert-OH is 4. The van der Waals surface area contributed by atoms with E-state index in [1.165, 1.54) is 0 Å². The Morgan fingerprint density at radius 3 is 2.50 bits per heavy atom. The van der Waals surface area contributed by atoms with Crippen LogP contribution in [-0.4, -0.2) is 81.1 Å². The number of nitrogens with one attached hydrogen (secondary N) is 1. The van der Waals surface area contributed by atoms with Crippen molar-refractivity contribution in [2.75, 3.05) is 19.0 Å². The van der Waals surface area contributed by atoms with Crippen molar-refractivity contribution in [3.8, 4) is 0 Å². The van der Waals surface area contributed by atoms with E-state index in [4.69, 9.17) is 21.4 Å². The Morgan fingerprint density at radius 2 is 2.00 bits per heavy atom. The summed E-state index contributed by atoms with van der Waals surface area (Å²) in [6, 6.07) is -2.40. The zero-order valence-corrected chi connectivity index (χ0v) is 11.0. The predicted molar refractivity (Wildman–Crippen MR) is 65.5 cm³/mol. The second-order valence-corrected chi connectivity index (χ2v) is 4.48. The average Bonchev–Trinajstić information content (AvgIpc) is 2.44. The molecule has 0 spiro atoms. The smallest absolute Gasteiger partial charge is 0.340 e. The third-order valence-electron chi connectivity index (χ3n) is 2.82. The highest BCUT2D eigenvalue weighted by Crippen LogP contribution is 2.19. The summed E-state index contributed by atoms with van der Waals surface area (Å²) in [6.45, 7) is -0.789. The normalized spacial score (nSPS) is 33.5. The zero-order chi connectivity index (χ0) is 15.3. The van der Waals surface area contributed by atoms with Gasteiger partial charge in [0, 0.05) is 5.88 Å². The molecule has 20 heavy (non-hydrogen) atoms. The predicted octanol–water partition coefficient (Wildman–Crippen LogP) is -2.28. The van der Waals surface area contributed by atoms with Gasteiger partial charge in [-0.3, -0.25) is 0 Å². The Morgan fingerprint density at radius 1 is 1.35 bits per heavy atom. The molecule has 1 aliphatic rings. The molecule has 5 N–H and O–H groups in total. The van der Waals surface area contributed by atoms with Gasteiger partial charge in [0.2, 0.25) is 0 Å². The van der Waals surface area contributed by atoms with E-state index in [0.29, 0.717) is 5.01 Å². The summed E-state index contributed by atoms with van der Waals surface area (Å²) in [5.74, 6) is -0.0410. The number of amides is 2. The third kappa shape index (κ3) is 3.75. The highest BCUT2D eigenvalue weighted by molar-refractivity contribution is 6.18. The van der Waals surface area contributed by atoms with Crippen LogP contribution >= 0.6 is 11.6 Å². The molecule has 0 bridgehead atoms. The Kier molecular flexibility index (Phi) is 6.52. The quantitative estimate of drug-likeness (QED) is 0.218. The molecule has 0 aromatic carbocycles. The molecular formula is C9H16ClN3O7. The number of aliphatic hydroxyl groups is 4. The van der Waals surface area contributed by atoms with E-state index in [9.17, 15) is 25.0 Å². The summed E-state index contributed by atoms with van der Waals surface area (Å²) >= 11 is 5.37. The van der Waals surface area contributed by atoms with E-state index < -0.39 is 43.3 Å². The number of ether oxygens (including phenoxy) is 1. The van der Waals surface area contributed by atoms with Gasteiger partial charge in [0.1, 0.15) is 24.4 Å². The second-order valence-electron chi connectivity index (χ2n) is 4.10. The number of alkyl halides is 1. The van der Waals surface area contributed by atoms with Crippen LogP contribution < -0.4 is 5.32 Å². The monoisotopic (exact) mass is 313 g/mol. The molecule has 11 heteroatoms. The first-order valence-corrected chi connectivity index (χ1v) is 6.27. The first-order chi connectivity index (χ1) is 9.46. The van der Waals surface area contributed by atoms with Gasteiger partial charge in [-0.05, 0) is 0 Å². The SMILES string of the molecule is O=NN(CCCl)C(=O)N[C@H]1C(O)O[C@@H](CO)[C@H](O)[C@H]1O. The van der Waals surface area contributed by atoms with E-state index in [1.807, 2.05) is 0 Å². The minimum Gasteiger partial charge on any atom is -0.394 e. The largest absolute Gasteiger partial charge is 0.394 e. The average molecular weight is 314 g/mol. The van der Waals surface area contributed by atoms with Crippen LogP contribution in [0.1, 0.15) is 0 Å². The molecule has 1 rings (SSSR count). The fourth-order valence-electron chi connectivity index (χ4n) is 1.73. The molecule has 1 fully saturated rings.